The van der Waals surface area contributed by atoms with Crippen molar-refractivity contribution >= 4 is 21.9 Å². The topological polar surface area (TPSA) is 35.5 Å². The number of hydrogen-bond donors (Lipinski definition) is 0. The lowest BCUT2D eigenvalue weighted by molar-refractivity contribution is -0.139. The molecule has 0 N–H and O–H groups in total. The van der Waals surface area contributed by atoms with E-state index in [1.54, 1.807) is 36.4 Å². The summed E-state index contributed by atoms with van der Waals surface area (Å²) in [6.07, 6.45) is 0.119. The molecule has 0 saturated carbocycles. The quantitative estimate of drug-likeness (QED) is 0.766. The smallest absolute Gasteiger partial charge is 0.310 e. The zero-order valence-corrected chi connectivity index (χ0v) is 13.0. The van der Waals surface area contributed by atoms with Crippen LogP contribution in [0.1, 0.15) is 11.1 Å². The van der Waals surface area contributed by atoms with Gasteiger partial charge in [-0.15, -0.1) is 0 Å². The summed E-state index contributed by atoms with van der Waals surface area (Å²) < 4.78 is 24.5. The van der Waals surface area contributed by atoms with Gasteiger partial charge in [-0.2, -0.15) is 0 Å². The van der Waals surface area contributed by atoms with Gasteiger partial charge in [-0.25, -0.2) is 4.39 Å². The van der Waals surface area contributed by atoms with Crippen LogP contribution in [0.15, 0.2) is 46.9 Å². The van der Waals surface area contributed by atoms with Crippen LogP contribution in [-0.4, -0.2) is 13.1 Å². The van der Waals surface area contributed by atoms with Crippen LogP contribution < -0.4 is 4.74 Å². The van der Waals surface area contributed by atoms with Gasteiger partial charge >= 0.3 is 5.97 Å². The summed E-state index contributed by atoms with van der Waals surface area (Å²) in [5, 5.41) is 0. The van der Waals surface area contributed by atoms with Crippen LogP contribution in [0.25, 0.3) is 0 Å². The van der Waals surface area contributed by atoms with E-state index in [2.05, 4.69) is 20.7 Å². The van der Waals surface area contributed by atoms with Gasteiger partial charge in [0.05, 0.1) is 18.0 Å². The van der Waals surface area contributed by atoms with Crippen LogP contribution in [0.5, 0.6) is 5.75 Å². The van der Waals surface area contributed by atoms with Crippen molar-refractivity contribution in [2.75, 3.05) is 7.11 Å². The Morgan fingerprint density at radius 2 is 1.86 bits per heavy atom. The molecule has 2 rings (SSSR count). The minimum Gasteiger partial charge on any atom is -0.488 e. The molecule has 0 atom stereocenters. The van der Waals surface area contributed by atoms with E-state index in [0.29, 0.717) is 21.3 Å². The van der Waals surface area contributed by atoms with Gasteiger partial charge in [-0.1, -0.05) is 30.3 Å². The fourth-order valence-corrected chi connectivity index (χ4v) is 2.24. The summed E-state index contributed by atoms with van der Waals surface area (Å²) in [5.41, 5.74) is 1.15. The van der Waals surface area contributed by atoms with Crippen LogP contribution in [0, 0.1) is 5.82 Å². The molecule has 21 heavy (non-hydrogen) atoms. The first-order valence-electron chi connectivity index (χ1n) is 6.32. The predicted molar refractivity (Wildman–Crippen MR) is 80.6 cm³/mol. The highest BCUT2D eigenvalue weighted by Gasteiger charge is 2.11. The molecule has 0 radical (unpaired) electrons. The second kappa shape index (κ2) is 7.22. The minimum atomic E-state index is -0.348. The van der Waals surface area contributed by atoms with Gasteiger partial charge in [-0.05, 0) is 28.1 Å². The molecule has 0 heterocycles. The van der Waals surface area contributed by atoms with Crippen molar-refractivity contribution in [2.24, 2.45) is 0 Å². The van der Waals surface area contributed by atoms with Gasteiger partial charge < -0.3 is 9.47 Å². The number of para-hydroxylation sites is 1. The molecule has 2 aromatic rings. The van der Waals surface area contributed by atoms with Gasteiger partial charge in [0.2, 0.25) is 0 Å². The lowest BCUT2D eigenvalue weighted by Gasteiger charge is -2.11. The Labute approximate surface area is 130 Å². The van der Waals surface area contributed by atoms with Crippen molar-refractivity contribution in [1.29, 1.82) is 0 Å². The molecule has 0 bridgehead atoms. The third-order valence-corrected chi connectivity index (χ3v) is 3.56. The summed E-state index contributed by atoms with van der Waals surface area (Å²) in [6, 6.07) is 12.2. The Morgan fingerprint density at radius 1 is 1.14 bits per heavy atom. The minimum absolute atomic E-state index is 0.0868. The number of ether oxygens (including phenoxy) is 2. The Kier molecular flexibility index (Phi) is 5.33. The second-order valence-corrected chi connectivity index (χ2v) is 5.22. The van der Waals surface area contributed by atoms with Crippen LogP contribution in [0.2, 0.25) is 0 Å². The summed E-state index contributed by atoms with van der Waals surface area (Å²) in [6.45, 7) is 0.0868. The Hall–Kier alpha value is -1.88. The molecule has 0 aliphatic rings. The monoisotopic (exact) mass is 352 g/mol. The molecule has 0 unspecified atom stereocenters. The SMILES string of the molecule is COC(=O)Cc1ccccc1OCc1cccc(Br)c1F. The lowest BCUT2D eigenvalue weighted by atomic mass is 10.1. The highest BCUT2D eigenvalue weighted by Crippen LogP contribution is 2.23. The number of carbonyl (C=O) groups excluding carboxylic acids is 1. The molecule has 0 aliphatic heterocycles. The molecule has 0 aliphatic carbocycles. The predicted octanol–water partition coefficient (Wildman–Crippen LogP) is 3.88. The standard InChI is InChI=1S/C16H14BrFO3/c1-20-15(19)9-11-5-2-3-8-14(11)21-10-12-6-4-7-13(17)16(12)18/h2-8H,9-10H2,1H3. The summed E-state index contributed by atoms with van der Waals surface area (Å²) in [5.74, 6) is -0.148. The van der Waals surface area contributed by atoms with Crippen molar-refractivity contribution in [2.45, 2.75) is 13.0 Å². The molecule has 2 aromatic carbocycles. The maximum atomic E-state index is 13.9. The number of hydrogen-bond acceptors (Lipinski definition) is 3. The first-order chi connectivity index (χ1) is 10.1. The van der Waals surface area contributed by atoms with Crippen LogP contribution >= 0.6 is 15.9 Å². The fraction of sp³-hybridized carbons (Fsp3) is 0.188. The van der Waals surface area contributed by atoms with Crippen molar-refractivity contribution in [3.8, 4) is 5.75 Å². The first-order valence-corrected chi connectivity index (χ1v) is 7.11. The molecular weight excluding hydrogens is 339 g/mol. The van der Waals surface area contributed by atoms with Crippen molar-refractivity contribution < 1.29 is 18.7 Å². The number of halogens is 2. The van der Waals surface area contributed by atoms with Crippen molar-refractivity contribution in [3.05, 3.63) is 63.9 Å². The van der Waals surface area contributed by atoms with Gasteiger partial charge in [0.25, 0.3) is 0 Å². The molecule has 0 spiro atoms. The molecular formula is C16H14BrFO3. The molecule has 0 aromatic heterocycles. The molecule has 0 saturated heterocycles. The summed E-state index contributed by atoms with van der Waals surface area (Å²) in [4.78, 5) is 11.4. The molecule has 0 amide bonds. The molecule has 3 nitrogen and oxygen atoms in total. The third kappa shape index (κ3) is 4.04. The number of benzene rings is 2. The zero-order chi connectivity index (χ0) is 15.2. The average molecular weight is 353 g/mol. The highest BCUT2D eigenvalue weighted by atomic mass is 79.9. The van der Waals surface area contributed by atoms with Crippen LogP contribution in [0.4, 0.5) is 4.39 Å². The van der Waals surface area contributed by atoms with E-state index < -0.39 is 0 Å². The Bertz CT molecular complexity index is 643. The number of esters is 1. The van der Waals surface area contributed by atoms with Gasteiger partial charge in [0, 0.05) is 11.1 Å². The first kappa shape index (κ1) is 15.5. The normalized spacial score (nSPS) is 10.2. The van der Waals surface area contributed by atoms with Crippen molar-refractivity contribution in [1.82, 2.24) is 0 Å². The zero-order valence-electron chi connectivity index (χ0n) is 11.4. The van der Waals surface area contributed by atoms with Gasteiger partial charge in [0.1, 0.15) is 18.2 Å². The van der Waals surface area contributed by atoms with E-state index in [1.807, 2.05) is 6.07 Å². The summed E-state index contributed by atoms with van der Waals surface area (Å²) in [7, 11) is 1.34. The lowest BCUT2D eigenvalue weighted by Crippen LogP contribution is -2.07. The second-order valence-electron chi connectivity index (χ2n) is 4.36. The largest absolute Gasteiger partial charge is 0.488 e. The van der Waals surface area contributed by atoms with Crippen molar-refractivity contribution in [3.63, 3.8) is 0 Å². The van der Waals surface area contributed by atoms with E-state index >= 15 is 0 Å². The average Bonchev–Trinajstić information content (AvgIpc) is 2.50. The van der Waals surface area contributed by atoms with Gasteiger partial charge in [0.15, 0.2) is 0 Å². The van der Waals surface area contributed by atoms with E-state index in [9.17, 15) is 9.18 Å². The molecule has 0 fully saturated rings. The van der Waals surface area contributed by atoms with Gasteiger partial charge in [-0.3, -0.25) is 4.79 Å². The van der Waals surface area contributed by atoms with E-state index in [0.717, 1.165) is 0 Å². The highest BCUT2D eigenvalue weighted by molar-refractivity contribution is 9.10. The van der Waals surface area contributed by atoms with Crippen LogP contribution in [-0.2, 0) is 22.6 Å². The number of methoxy groups -OCH3 is 1. The molecule has 110 valence electrons. The number of rotatable bonds is 5. The van der Waals surface area contributed by atoms with E-state index in [1.165, 1.54) is 7.11 Å². The maximum Gasteiger partial charge on any atom is 0.310 e. The number of carbonyl (C=O) groups is 1. The maximum absolute atomic E-state index is 13.9. The van der Waals surface area contributed by atoms with E-state index in [4.69, 9.17) is 4.74 Å². The van der Waals surface area contributed by atoms with E-state index in [-0.39, 0.29) is 24.8 Å². The fourth-order valence-electron chi connectivity index (χ4n) is 1.83. The third-order valence-electron chi connectivity index (χ3n) is 2.95. The Morgan fingerprint density at radius 3 is 2.62 bits per heavy atom. The summed E-state index contributed by atoms with van der Waals surface area (Å²) >= 11 is 3.14. The Balaban J connectivity index is 2.13. The molecule has 5 heteroatoms. The van der Waals surface area contributed by atoms with Crippen LogP contribution in [0.3, 0.4) is 0 Å².